The molecule has 2 atom stereocenters. The molecule has 0 aromatic rings. The molecule has 4 heteroatoms. The zero-order valence-electron chi connectivity index (χ0n) is 12.6. The molecule has 114 valence electrons. The van der Waals surface area contributed by atoms with Gasteiger partial charge >= 0.3 is 6.03 Å². The summed E-state index contributed by atoms with van der Waals surface area (Å²) < 4.78 is 0. The maximum Gasteiger partial charge on any atom is 0.320 e. The Morgan fingerprint density at radius 3 is 2.40 bits per heavy atom. The van der Waals surface area contributed by atoms with Crippen LogP contribution in [0.1, 0.15) is 51.4 Å². The zero-order valence-corrected chi connectivity index (χ0v) is 12.6. The highest BCUT2D eigenvalue weighted by molar-refractivity contribution is 5.75. The molecule has 0 aromatic carbocycles. The third-order valence-electron chi connectivity index (χ3n) is 5.30. The molecule has 3 rings (SSSR count). The minimum atomic E-state index is 0.333. The summed E-state index contributed by atoms with van der Waals surface area (Å²) in [6.45, 7) is 5.20. The van der Waals surface area contributed by atoms with E-state index in [1.54, 1.807) is 0 Å². The number of rotatable bonds is 1. The first-order valence-electron chi connectivity index (χ1n) is 8.62. The minimum Gasteiger partial charge on any atom is -0.325 e. The number of nitrogens with one attached hydrogen (secondary N) is 1. The van der Waals surface area contributed by atoms with Crippen molar-refractivity contribution in [3.05, 3.63) is 0 Å². The van der Waals surface area contributed by atoms with E-state index in [0.717, 1.165) is 32.7 Å². The van der Waals surface area contributed by atoms with Crippen molar-refractivity contribution in [3.63, 3.8) is 0 Å². The van der Waals surface area contributed by atoms with Crippen molar-refractivity contribution < 1.29 is 4.79 Å². The Morgan fingerprint density at radius 2 is 1.70 bits per heavy atom. The summed E-state index contributed by atoms with van der Waals surface area (Å²) in [6.07, 6.45) is 9.94. The molecular weight excluding hydrogens is 250 g/mol. The van der Waals surface area contributed by atoms with Crippen molar-refractivity contribution in [1.82, 2.24) is 15.1 Å². The number of nitrogens with zero attached hydrogens (tertiary/aromatic N) is 2. The molecule has 0 saturated carbocycles. The van der Waals surface area contributed by atoms with E-state index < -0.39 is 0 Å². The van der Waals surface area contributed by atoms with Gasteiger partial charge in [0.05, 0.1) is 0 Å². The Bertz CT molecular complexity index is 320. The second-order valence-electron chi connectivity index (χ2n) is 6.69. The molecule has 0 radical (unpaired) electrons. The van der Waals surface area contributed by atoms with Crippen LogP contribution in [0, 0.1) is 5.92 Å². The smallest absolute Gasteiger partial charge is 0.320 e. The largest absolute Gasteiger partial charge is 0.325 e. The Kier molecular flexibility index (Phi) is 4.81. The van der Waals surface area contributed by atoms with Gasteiger partial charge in [0.25, 0.3) is 0 Å². The highest BCUT2D eigenvalue weighted by Crippen LogP contribution is 2.29. The van der Waals surface area contributed by atoms with E-state index in [4.69, 9.17) is 0 Å². The Labute approximate surface area is 122 Å². The van der Waals surface area contributed by atoms with Crippen LogP contribution in [0.15, 0.2) is 0 Å². The average molecular weight is 279 g/mol. The maximum atomic E-state index is 12.8. The van der Waals surface area contributed by atoms with E-state index >= 15 is 0 Å². The van der Waals surface area contributed by atoms with Crippen molar-refractivity contribution in [3.8, 4) is 0 Å². The van der Waals surface area contributed by atoms with Crippen LogP contribution in [0.25, 0.3) is 0 Å². The highest BCUT2D eigenvalue weighted by Gasteiger charge is 2.36. The summed E-state index contributed by atoms with van der Waals surface area (Å²) in [6, 6.07) is 0.832. The summed E-state index contributed by atoms with van der Waals surface area (Å²) in [5, 5.41) is 3.51. The lowest BCUT2D eigenvalue weighted by Gasteiger charge is -2.37. The van der Waals surface area contributed by atoms with Gasteiger partial charge in [-0.25, -0.2) is 4.79 Å². The molecule has 4 nitrogen and oxygen atoms in total. The van der Waals surface area contributed by atoms with Crippen LogP contribution in [-0.4, -0.2) is 54.6 Å². The van der Waals surface area contributed by atoms with Gasteiger partial charge in [0.1, 0.15) is 0 Å². The van der Waals surface area contributed by atoms with Crippen molar-refractivity contribution in [2.45, 2.75) is 57.4 Å². The normalized spacial score (nSPS) is 32.2. The summed E-state index contributed by atoms with van der Waals surface area (Å²) >= 11 is 0. The third-order valence-corrected chi connectivity index (χ3v) is 5.30. The average Bonchev–Trinajstić information content (AvgIpc) is 2.82. The Morgan fingerprint density at radius 1 is 0.900 bits per heavy atom. The van der Waals surface area contributed by atoms with Crippen molar-refractivity contribution in [2.75, 3.05) is 32.7 Å². The number of carbonyl (C=O) groups is 1. The number of carbonyl (C=O) groups excluding carboxylic acids is 1. The molecule has 0 aliphatic carbocycles. The van der Waals surface area contributed by atoms with Gasteiger partial charge in [-0.2, -0.15) is 0 Å². The quantitative estimate of drug-likeness (QED) is 0.800. The van der Waals surface area contributed by atoms with Crippen LogP contribution in [0.4, 0.5) is 4.79 Å². The van der Waals surface area contributed by atoms with Gasteiger partial charge in [0, 0.05) is 25.7 Å². The Hall–Kier alpha value is -0.770. The van der Waals surface area contributed by atoms with Gasteiger partial charge in [-0.05, 0) is 57.5 Å². The topological polar surface area (TPSA) is 35.6 Å². The monoisotopic (exact) mass is 279 g/mol. The van der Waals surface area contributed by atoms with Gasteiger partial charge in [-0.15, -0.1) is 0 Å². The van der Waals surface area contributed by atoms with Gasteiger partial charge in [-0.1, -0.05) is 12.8 Å². The van der Waals surface area contributed by atoms with Gasteiger partial charge in [0.2, 0.25) is 0 Å². The highest BCUT2D eigenvalue weighted by atomic mass is 16.2. The number of urea groups is 1. The SMILES string of the molecule is O=C(N1CCCCCC1)N1CCCC1C1CCCNC1. The van der Waals surface area contributed by atoms with Crippen LogP contribution in [0.5, 0.6) is 0 Å². The Balaban J connectivity index is 1.62. The fourth-order valence-electron chi connectivity index (χ4n) is 4.17. The van der Waals surface area contributed by atoms with Crippen LogP contribution in [-0.2, 0) is 0 Å². The number of hydrogen-bond acceptors (Lipinski definition) is 2. The molecule has 1 N–H and O–H groups in total. The van der Waals surface area contributed by atoms with E-state index in [9.17, 15) is 4.79 Å². The lowest BCUT2D eigenvalue weighted by molar-refractivity contribution is 0.127. The molecule has 2 unspecified atom stereocenters. The predicted octanol–water partition coefficient (Wildman–Crippen LogP) is 2.45. The lowest BCUT2D eigenvalue weighted by Crippen LogP contribution is -2.50. The van der Waals surface area contributed by atoms with Crippen LogP contribution in [0.3, 0.4) is 0 Å². The first-order chi connectivity index (χ1) is 9.86. The first kappa shape index (κ1) is 14.2. The van der Waals surface area contributed by atoms with E-state index in [-0.39, 0.29) is 0 Å². The fraction of sp³-hybridized carbons (Fsp3) is 0.938. The number of likely N-dealkylation sites (tertiary alicyclic amines) is 2. The van der Waals surface area contributed by atoms with Crippen LogP contribution in [0.2, 0.25) is 0 Å². The molecule has 20 heavy (non-hydrogen) atoms. The molecule has 0 aromatic heterocycles. The van der Waals surface area contributed by atoms with Crippen molar-refractivity contribution in [1.29, 1.82) is 0 Å². The standard InChI is InChI=1S/C16H29N3O/c20-16(18-10-3-1-2-4-11-18)19-12-6-8-15(19)14-7-5-9-17-13-14/h14-15,17H,1-13H2. The molecule has 3 heterocycles. The first-order valence-corrected chi connectivity index (χ1v) is 8.62. The predicted molar refractivity (Wildman–Crippen MR) is 80.8 cm³/mol. The molecule has 2 amide bonds. The van der Waals surface area contributed by atoms with E-state index in [2.05, 4.69) is 15.1 Å². The second-order valence-corrected chi connectivity index (χ2v) is 6.69. The van der Waals surface area contributed by atoms with Crippen LogP contribution < -0.4 is 5.32 Å². The van der Waals surface area contributed by atoms with Crippen LogP contribution >= 0.6 is 0 Å². The number of amides is 2. The molecule has 3 fully saturated rings. The van der Waals surface area contributed by atoms with Crippen molar-refractivity contribution in [2.24, 2.45) is 5.92 Å². The molecule has 3 saturated heterocycles. The summed E-state index contributed by atoms with van der Waals surface area (Å²) in [7, 11) is 0. The van der Waals surface area contributed by atoms with Gasteiger partial charge < -0.3 is 15.1 Å². The third kappa shape index (κ3) is 3.11. The molecule has 3 aliphatic rings. The zero-order chi connectivity index (χ0) is 13.8. The summed E-state index contributed by atoms with van der Waals surface area (Å²) in [5.74, 6) is 0.683. The van der Waals surface area contributed by atoms with Gasteiger partial charge in [-0.3, -0.25) is 0 Å². The summed E-state index contributed by atoms with van der Waals surface area (Å²) in [5.41, 5.74) is 0. The van der Waals surface area contributed by atoms with E-state index in [1.807, 2.05) is 0 Å². The number of piperidine rings is 1. The molecule has 0 spiro atoms. The second kappa shape index (κ2) is 6.79. The van der Waals surface area contributed by atoms with E-state index in [0.29, 0.717) is 18.0 Å². The lowest BCUT2D eigenvalue weighted by atomic mass is 9.90. The summed E-state index contributed by atoms with van der Waals surface area (Å²) in [4.78, 5) is 17.2. The fourth-order valence-corrected chi connectivity index (χ4v) is 4.17. The molecular formula is C16H29N3O. The van der Waals surface area contributed by atoms with Crippen molar-refractivity contribution >= 4 is 6.03 Å². The van der Waals surface area contributed by atoms with E-state index in [1.165, 1.54) is 51.4 Å². The molecule has 0 bridgehead atoms. The maximum absolute atomic E-state index is 12.8. The molecule has 3 aliphatic heterocycles. The minimum absolute atomic E-state index is 0.333. The number of hydrogen-bond donors (Lipinski definition) is 1. The van der Waals surface area contributed by atoms with Gasteiger partial charge in [0.15, 0.2) is 0 Å².